The molecule has 0 aliphatic heterocycles. The summed E-state index contributed by atoms with van der Waals surface area (Å²) in [5, 5.41) is 3.89. The number of aryl methyl sites for hydroxylation is 1. The Morgan fingerprint density at radius 3 is 2.94 bits per heavy atom. The van der Waals surface area contributed by atoms with Crippen LogP contribution in [0.3, 0.4) is 0 Å². The van der Waals surface area contributed by atoms with Crippen LogP contribution < -0.4 is 5.73 Å². The zero-order valence-electron chi connectivity index (χ0n) is 9.88. The highest BCUT2D eigenvalue weighted by atomic mass is 32.2. The molecule has 1 heterocycles. The van der Waals surface area contributed by atoms with Gasteiger partial charge in [-0.2, -0.15) is 4.98 Å². The van der Waals surface area contributed by atoms with Crippen LogP contribution in [-0.2, 0) is 5.75 Å². The van der Waals surface area contributed by atoms with Gasteiger partial charge >= 0.3 is 0 Å². The normalized spacial score (nSPS) is 12.6. The van der Waals surface area contributed by atoms with Crippen LogP contribution in [0.25, 0.3) is 0 Å². The van der Waals surface area contributed by atoms with Gasteiger partial charge < -0.3 is 10.3 Å². The summed E-state index contributed by atoms with van der Waals surface area (Å²) >= 11 is 1.69. The Hall–Kier alpha value is -1.33. The lowest BCUT2D eigenvalue weighted by Gasteiger charge is -1.99. The van der Waals surface area contributed by atoms with Crippen molar-refractivity contribution >= 4 is 11.8 Å². The van der Waals surface area contributed by atoms with Gasteiger partial charge in [-0.05, 0) is 26.0 Å². The average Bonchev–Trinajstić information content (AvgIpc) is 2.75. The van der Waals surface area contributed by atoms with Crippen molar-refractivity contribution in [2.75, 3.05) is 0 Å². The third-order valence-electron chi connectivity index (χ3n) is 2.23. The van der Waals surface area contributed by atoms with E-state index in [0.717, 1.165) is 0 Å². The SMILES string of the molecule is Cc1cccc(SCc2noc([C@H](C)N)n2)c1. The van der Waals surface area contributed by atoms with Gasteiger partial charge in [-0.3, -0.25) is 0 Å². The molecule has 17 heavy (non-hydrogen) atoms. The molecule has 0 saturated heterocycles. The lowest BCUT2D eigenvalue weighted by atomic mass is 10.2. The molecule has 90 valence electrons. The van der Waals surface area contributed by atoms with Crippen LogP contribution >= 0.6 is 11.8 Å². The standard InChI is InChI=1S/C12H15N3OS/c1-8-4-3-5-10(6-8)17-7-11-14-12(9(2)13)16-15-11/h3-6,9H,7,13H2,1-2H3/t9-/m0/s1. The van der Waals surface area contributed by atoms with Crippen LogP contribution in [0.5, 0.6) is 0 Å². The van der Waals surface area contributed by atoms with Crippen LogP contribution in [0, 0.1) is 6.92 Å². The zero-order chi connectivity index (χ0) is 12.3. The van der Waals surface area contributed by atoms with Crippen molar-refractivity contribution in [1.82, 2.24) is 10.1 Å². The smallest absolute Gasteiger partial charge is 0.243 e. The first kappa shape index (κ1) is 12.1. The molecule has 1 aromatic carbocycles. The summed E-state index contributed by atoms with van der Waals surface area (Å²) < 4.78 is 5.04. The fourth-order valence-electron chi connectivity index (χ4n) is 1.36. The van der Waals surface area contributed by atoms with Crippen LogP contribution in [0.15, 0.2) is 33.7 Å². The molecule has 0 amide bonds. The lowest BCUT2D eigenvalue weighted by Crippen LogP contribution is -2.05. The average molecular weight is 249 g/mol. The first-order chi connectivity index (χ1) is 8.15. The van der Waals surface area contributed by atoms with Crippen LogP contribution in [0.4, 0.5) is 0 Å². The topological polar surface area (TPSA) is 64.9 Å². The highest BCUT2D eigenvalue weighted by molar-refractivity contribution is 7.98. The quantitative estimate of drug-likeness (QED) is 0.844. The van der Waals surface area contributed by atoms with E-state index < -0.39 is 0 Å². The van der Waals surface area contributed by atoms with Crippen molar-refractivity contribution < 1.29 is 4.52 Å². The molecular formula is C12H15N3OS. The van der Waals surface area contributed by atoms with Gasteiger partial charge in [-0.1, -0.05) is 22.9 Å². The van der Waals surface area contributed by atoms with E-state index in [0.29, 0.717) is 17.5 Å². The Morgan fingerprint density at radius 2 is 2.29 bits per heavy atom. The summed E-state index contributed by atoms with van der Waals surface area (Å²) in [6, 6.07) is 8.12. The second-order valence-corrected chi connectivity index (χ2v) is 4.99. The maximum Gasteiger partial charge on any atom is 0.243 e. The van der Waals surface area contributed by atoms with Gasteiger partial charge in [0, 0.05) is 4.90 Å². The molecule has 0 unspecified atom stereocenters. The summed E-state index contributed by atoms with van der Waals surface area (Å²) in [4.78, 5) is 5.43. The molecule has 0 aliphatic carbocycles. The molecule has 1 aromatic heterocycles. The Balaban J connectivity index is 1.97. The molecule has 4 nitrogen and oxygen atoms in total. The zero-order valence-corrected chi connectivity index (χ0v) is 10.7. The lowest BCUT2D eigenvalue weighted by molar-refractivity contribution is 0.358. The second kappa shape index (κ2) is 5.33. The summed E-state index contributed by atoms with van der Waals surface area (Å²) in [6.07, 6.45) is 0. The van der Waals surface area contributed by atoms with E-state index in [9.17, 15) is 0 Å². The van der Waals surface area contributed by atoms with E-state index in [-0.39, 0.29) is 6.04 Å². The summed E-state index contributed by atoms with van der Waals surface area (Å²) in [6.45, 7) is 3.90. The summed E-state index contributed by atoms with van der Waals surface area (Å²) in [5.74, 6) is 1.87. The Morgan fingerprint density at radius 1 is 1.47 bits per heavy atom. The van der Waals surface area contributed by atoms with E-state index >= 15 is 0 Å². The number of aromatic nitrogens is 2. The molecular weight excluding hydrogens is 234 g/mol. The van der Waals surface area contributed by atoms with Gasteiger partial charge in [0.25, 0.3) is 0 Å². The second-order valence-electron chi connectivity index (χ2n) is 3.94. The Kier molecular flexibility index (Phi) is 3.81. The van der Waals surface area contributed by atoms with Crippen LogP contribution in [0.2, 0.25) is 0 Å². The van der Waals surface area contributed by atoms with Crippen molar-refractivity contribution in [3.8, 4) is 0 Å². The Labute approximate surface area is 105 Å². The van der Waals surface area contributed by atoms with Crippen LogP contribution in [-0.4, -0.2) is 10.1 Å². The fourth-order valence-corrected chi connectivity index (χ4v) is 2.22. The maximum atomic E-state index is 5.65. The number of thioether (sulfide) groups is 1. The van der Waals surface area contributed by atoms with Crippen molar-refractivity contribution in [2.24, 2.45) is 5.73 Å². The van der Waals surface area contributed by atoms with Crippen molar-refractivity contribution in [3.63, 3.8) is 0 Å². The van der Waals surface area contributed by atoms with Gasteiger partial charge in [0.05, 0.1) is 11.8 Å². The predicted molar refractivity (Wildman–Crippen MR) is 67.6 cm³/mol. The maximum absolute atomic E-state index is 5.65. The molecule has 0 radical (unpaired) electrons. The first-order valence-corrected chi connectivity index (χ1v) is 6.41. The van der Waals surface area contributed by atoms with E-state index in [1.54, 1.807) is 11.8 Å². The molecule has 2 rings (SSSR count). The molecule has 1 atom stereocenters. The largest absolute Gasteiger partial charge is 0.338 e. The number of hydrogen-bond acceptors (Lipinski definition) is 5. The fraction of sp³-hybridized carbons (Fsp3) is 0.333. The van der Waals surface area contributed by atoms with E-state index in [4.69, 9.17) is 10.3 Å². The van der Waals surface area contributed by atoms with Crippen molar-refractivity contribution in [2.45, 2.75) is 30.5 Å². The molecule has 0 spiro atoms. The van der Waals surface area contributed by atoms with E-state index in [2.05, 4.69) is 35.3 Å². The van der Waals surface area contributed by atoms with Crippen molar-refractivity contribution in [3.05, 3.63) is 41.5 Å². The molecule has 0 aliphatic rings. The monoisotopic (exact) mass is 249 g/mol. The molecule has 0 fully saturated rings. The highest BCUT2D eigenvalue weighted by Crippen LogP contribution is 2.22. The molecule has 5 heteroatoms. The van der Waals surface area contributed by atoms with Gasteiger partial charge in [0.15, 0.2) is 5.82 Å². The third-order valence-corrected chi connectivity index (χ3v) is 3.22. The number of rotatable bonds is 4. The summed E-state index contributed by atoms with van der Waals surface area (Å²) in [5.41, 5.74) is 6.90. The number of benzene rings is 1. The first-order valence-electron chi connectivity index (χ1n) is 5.42. The van der Waals surface area contributed by atoms with Gasteiger partial charge in [-0.25, -0.2) is 0 Å². The predicted octanol–water partition coefficient (Wildman–Crippen LogP) is 2.69. The van der Waals surface area contributed by atoms with E-state index in [1.165, 1.54) is 10.5 Å². The van der Waals surface area contributed by atoms with Gasteiger partial charge in [-0.15, -0.1) is 11.8 Å². The number of nitrogens with two attached hydrogens (primary N) is 1. The molecule has 0 saturated carbocycles. The molecule has 0 bridgehead atoms. The molecule has 2 N–H and O–H groups in total. The third kappa shape index (κ3) is 3.31. The van der Waals surface area contributed by atoms with Crippen molar-refractivity contribution in [1.29, 1.82) is 0 Å². The van der Waals surface area contributed by atoms with Crippen LogP contribution in [0.1, 0.15) is 30.2 Å². The van der Waals surface area contributed by atoms with Gasteiger partial charge in [0.1, 0.15) is 0 Å². The van der Waals surface area contributed by atoms with Gasteiger partial charge in [0.2, 0.25) is 5.89 Å². The van der Waals surface area contributed by atoms with E-state index in [1.807, 2.05) is 13.0 Å². The highest BCUT2D eigenvalue weighted by Gasteiger charge is 2.10. The Bertz CT molecular complexity index is 496. The minimum Gasteiger partial charge on any atom is -0.338 e. The minimum absolute atomic E-state index is 0.208. The molecule has 2 aromatic rings. The number of hydrogen-bond donors (Lipinski definition) is 1. The summed E-state index contributed by atoms with van der Waals surface area (Å²) in [7, 11) is 0. The minimum atomic E-state index is -0.208. The number of nitrogens with zero attached hydrogens (tertiary/aromatic N) is 2.